The summed E-state index contributed by atoms with van der Waals surface area (Å²) in [5, 5.41) is 3.24. The molecular formula is C13H24ClN3O3. The zero-order valence-corrected chi connectivity index (χ0v) is 12.8. The van der Waals surface area contributed by atoms with Crippen molar-refractivity contribution >= 4 is 24.2 Å². The van der Waals surface area contributed by atoms with Crippen LogP contribution in [0.15, 0.2) is 0 Å². The molecule has 2 saturated heterocycles. The van der Waals surface area contributed by atoms with Crippen molar-refractivity contribution in [2.45, 2.75) is 25.3 Å². The summed E-state index contributed by atoms with van der Waals surface area (Å²) in [6.07, 6.45) is 1.62. The number of amides is 2. The van der Waals surface area contributed by atoms with Gasteiger partial charge in [0.15, 0.2) is 0 Å². The first kappa shape index (κ1) is 17.2. The van der Waals surface area contributed by atoms with Crippen molar-refractivity contribution in [2.24, 2.45) is 0 Å². The van der Waals surface area contributed by atoms with Crippen molar-refractivity contribution in [1.29, 1.82) is 0 Å². The van der Waals surface area contributed by atoms with Gasteiger partial charge >= 0.3 is 0 Å². The Bertz CT molecular complexity index is 329. The summed E-state index contributed by atoms with van der Waals surface area (Å²) in [6, 6.07) is 0.283. The van der Waals surface area contributed by atoms with Gasteiger partial charge in [0.1, 0.15) is 0 Å². The first-order chi connectivity index (χ1) is 9.18. The van der Waals surface area contributed by atoms with Gasteiger partial charge in [-0.2, -0.15) is 0 Å². The fourth-order valence-electron chi connectivity index (χ4n) is 2.53. The van der Waals surface area contributed by atoms with Gasteiger partial charge in [-0.15, -0.1) is 12.4 Å². The van der Waals surface area contributed by atoms with Gasteiger partial charge in [0.05, 0.1) is 13.2 Å². The smallest absolute Gasteiger partial charge is 0.223 e. The van der Waals surface area contributed by atoms with Crippen molar-refractivity contribution in [3.8, 4) is 0 Å². The minimum atomic E-state index is 0. The number of carbonyl (C=O) groups is 2. The molecule has 1 atom stereocenters. The molecule has 20 heavy (non-hydrogen) atoms. The quantitative estimate of drug-likeness (QED) is 0.786. The zero-order chi connectivity index (χ0) is 13.7. The number of hydrogen-bond acceptors (Lipinski definition) is 4. The fraction of sp³-hybridized carbons (Fsp3) is 0.846. The van der Waals surface area contributed by atoms with Crippen LogP contribution in [0.1, 0.15) is 19.3 Å². The Morgan fingerprint density at radius 1 is 1.30 bits per heavy atom. The van der Waals surface area contributed by atoms with Crippen LogP contribution in [-0.2, 0) is 14.3 Å². The van der Waals surface area contributed by atoms with E-state index >= 15 is 0 Å². The minimum absolute atomic E-state index is 0. The van der Waals surface area contributed by atoms with Crippen molar-refractivity contribution < 1.29 is 14.3 Å². The van der Waals surface area contributed by atoms with E-state index in [-0.39, 0.29) is 30.3 Å². The molecule has 1 N–H and O–H groups in total. The molecule has 2 amide bonds. The van der Waals surface area contributed by atoms with Crippen LogP contribution in [-0.4, -0.2) is 74.1 Å². The minimum Gasteiger partial charge on any atom is -0.378 e. The van der Waals surface area contributed by atoms with Gasteiger partial charge in [0.25, 0.3) is 0 Å². The molecule has 1 unspecified atom stereocenters. The molecule has 2 aliphatic heterocycles. The van der Waals surface area contributed by atoms with E-state index in [0.29, 0.717) is 39.1 Å². The SMILES string of the molecule is CN(C(=O)CCC(=O)N1CCOCC1)C1CCNC1.Cl. The number of morpholine rings is 1. The van der Waals surface area contributed by atoms with Gasteiger partial charge in [0.2, 0.25) is 11.8 Å². The molecule has 6 nitrogen and oxygen atoms in total. The predicted molar refractivity (Wildman–Crippen MR) is 77.9 cm³/mol. The molecule has 0 aromatic heterocycles. The molecule has 2 heterocycles. The highest BCUT2D eigenvalue weighted by Crippen LogP contribution is 2.10. The lowest BCUT2D eigenvalue weighted by Crippen LogP contribution is -2.42. The molecular weight excluding hydrogens is 282 g/mol. The Kier molecular flexibility index (Phi) is 7.26. The van der Waals surface area contributed by atoms with Crippen molar-refractivity contribution in [3.63, 3.8) is 0 Å². The second-order valence-corrected chi connectivity index (χ2v) is 5.14. The number of carbonyl (C=O) groups excluding carboxylic acids is 2. The molecule has 0 radical (unpaired) electrons. The number of halogens is 1. The highest BCUT2D eigenvalue weighted by molar-refractivity contribution is 5.85. The monoisotopic (exact) mass is 305 g/mol. The molecule has 2 aliphatic rings. The van der Waals surface area contributed by atoms with Crippen LogP contribution in [0.2, 0.25) is 0 Å². The molecule has 116 valence electrons. The van der Waals surface area contributed by atoms with E-state index in [1.165, 1.54) is 0 Å². The molecule has 0 aromatic carbocycles. The molecule has 0 aliphatic carbocycles. The van der Waals surface area contributed by atoms with Gasteiger partial charge in [-0.1, -0.05) is 0 Å². The van der Waals surface area contributed by atoms with Gasteiger partial charge in [-0.3, -0.25) is 9.59 Å². The number of nitrogens with zero attached hydrogens (tertiary/aromatic N) is 2. The highest BCUT2D eigenvalue weighted by Gasteiger charge is 2.24. The first-order valence-electron chi connectivity index (χ1n) is 7.00. The van der Waals surface area contributed by atoms with Crippen LogP contribution in [0.25, 0.3) is 0 Å². The van der Waals surface area contributed by atoms with Crippen LogP contribution >= 0.6 is 12.4 Å². The normalized spacial score (nSPS) is 22.2. The predicted octanol–water partition coefficient (Wildman–Crippen LogP) is -0.132. The summed E-state index contributed by atoms with van der Waals surface area (Å²) in [7, 11) is 1.83. The summed E-state index contributed by atoms with van der Waals surface area (Å²) >= 11 is 0. The van der Waals surface area contributed by atoms with Crippen LogP contribution in [0.4, 0.5) is 0 Å². The van der Waals surface area contributed by atoms with Crippen molar-refractivity contribution in [1.82, 2.24) is 15.1 Å². The second kappa shape index (κ2) is 8.44. The largest absolute Gasteiger partial charge is 0.378 e. The lowest BCUT2D eigenvalue weighted by atomic mass is 10.2. The van der Waals surface area contributed by atoms with E-state index in [4.69, 9.17) is 4.74 Å². The number of hydrogen-bond donors (Lipinski definition) is 1. The van der Waals surface area contributed by atoms with E-state index in [0.717, 1.165) is 19.5 Å². The van der Waals surface area contributed by atoms with Gasteiger partial charge < -0.3 is 19.9 Å². The molecule has 7 heteroatoms. The maximum atomic E-state index is 12.0. The topological polar surface area (TPSA) is 61.9 Å². The standard InChI is InChI=1S/C13H23N3O3.ClH/c1-15(11-4-5-14-10-11)12(17)2-3-13(18)16-6-8-19-9-7-16;/h11,14H,2-10H2,1H3;1H. The van der Waals surface area contributed by atoms with E-state index in [9.17, 15) is 9.59 Å². The van der Waals surface area contributed by atoms with E-state index in [1.807, 2.05) is 7.05 Å². The van der Waals surface area contributed by atoms with Crippen LogP contribution in [0.5, 0.6) is 0 Å². The Hall–Kier alpha value is -0.850. The summed E-state index contributed by atoms with van der Waals surface area (Å²) in [5.41, 5.74) is 0. The van der Waals surface area contributed by atoms with E-state index < -0.39 is 0 Å². The maximum Gasteiger partial charge on any atom is 0.223 e. The molecule has 2 fully saturated rings. The van der Waals surface area contributed by atoms with E-state index in [1.54, 1.807) is 9.80 Å². The van der Waals surface area contributed by atoms with Crippen molar-refractivity contribution in [2.75, 3.05) is 46.4 Å². The number of likely N-dealkylation sites (N-methyl/N-ethyl adjacent to an activating group) is 1. The van der Waals surface area contributed by atoms with Gasteiger partial charge in [-0.05, 0) is 13.0 Å². The van der Waals surface area contributed by atoms with Gasteiger partial charge in [0, 0.05) is 45.6 Å². The summed E-state index contributed by atoms with van der Waals surface area (Å²) in [6.45, 7) is 4.33. The molecule has 0 bridgehead atoms. The number of nitrogens with one attached hydrogen (secondary N) is 1. The highest BCUT2D eigenvalue weighted by atomic mass is 35.5. The lowest BCUT2D eigenvalue weighted by Gasteiger charge is -2.27. The number of ether oxygens (including phenoxy) is 1. The van der Waals surface area contributed by atoms with Crippen LogP contribution < -0.4 is 5.32 Å². The third kappa shape index (κ3) is 4.61. The first-order valence-corrected chi connectivity index (χ1v) is 7.00. The fourth-order valence-corrected chi connectivity index (χ4v) is 2.53. The molecule has 0 aromatic rings. The summed E-state index contributed by atoms with van der Waals surface area (Å²) in [5.74, 6) is 0.130. The Labute approximate surface area is 126 Å². The zero-order valence-electron chi connectivity index (χ0n) is 12.0. The lowest BCUT2D eigenvalue weighted by molar-refractivity contribution is -0.139. The third-order valence-electron chi connectivity index (χ3n) is 3.89. The molecule has 2 rings (SSSR count). The maximum absolute atomic E-state index is 12.0. The second-order valence-electron chi connectivity index (χ2n) is 5.14. The summed E-state index contributed by atoms with van der Waals surface area (Å²) in [4.78, 5) is 27.5. The Morgan fingerprint density at radius 2 is 2.00 bits per heavy atom. The molecule has 0 saturated carbocycles. The van der Waals surface area contributed by atoms with Crippen LogP contribution in [0, 0.1) is 0 Å². The average Bonchev–Trinajstić information content (AvgIpc) is 2.98. The average molecular weight is 306 g/mol. The Balaban J connectivity index is 0.00000200. The van der Waals surface area contributed by atoms with Crippen LogP contribution in [0.3, 0.4) is 0 Å². The summed E-state index contributed by atoms with van der Waals surface area (Å²) < 4.78 is 5.21. The van der Waals surface area contributed by atoms with Gasteiger partial charge in [-0.25, -0.2) is 0 Å². The van der Waals surface area contributed by atoms with E-state index in [2.05, 4.69) is 5.32 Å². The molecule has 0 spiro atoms. The number of rotatable bonds is 4. The van der Waals surface area contributed by atoms with Crippen molar-refractivity contribution in [3.05, 3.63) is 0 Å². The third-order valence-corrected chi connectivity index (χ3v) is 3.89. The Morgan fingerprint density at radius 3 is 2.60 bits per heavy atom.